The third-order valence-electron chi connectivity index (χ3n) is 4.28. The van der Waals surface area contributed by atoms with Gasteiger partial charge in [-0.2, -0.15) is 0 Å². The SMILES string of the molecule is COC(=O)c1c(-c2cccc(C)c2)csc1NC(=O)/C=C/c1ccc([N+](=O)[O-])cc1. The van der Waals surface area contributed by atoms with Crippen molar-refractivity contribution in [3.8, 4) is 11.1 Å². The lowest BCUT2D eigenvalue weighted by atomic mass is 10.0. The van der Waals surface area contributed by atoms with Crippen LogP contribution in [-0.2, 0) is 9.53 Å². The second-order valence-electron chi connectivity index (χ2n) is 6.39. The quantitative estimate of drug-likeness (QED) is 0.259. The Balaban J connectivity index is 1.82. The Morgan fingerprint density at radius 2 is 1.90 bits per heavy atom. The van der Waals surface area contributed by atoms with Crippen molar-refractivity contribution in [1.82, 2.24) is 0 Å². The summed E-state index contributed by atoms with van der Waals surface area (Å²) in [4.78, 5) is 35.0. The molecule has 8 heteroatoms. The third-order valence-corrected chi connectivity index (χ3v) is 5.17. The van der Waals surface area contributed by atoms with Crippen LogP contribution in [0.3, 0.4) is 0 Å². The number of rotatable bonds is 6. The highest BCUT2D eigenvalue weighted by Gasteiger charge is 2.22. The molecule has 0 aliphatic heterocycles. The molecule has 2 aromatic carbocycles. The van der Waals surface area contributed by atoms with Gasteiger partial charge in [0.2, 0.25) is 5.91 Å². The molecule has 3 aromatic rings. The van der Waals surface area contributed by atoms with Crippen molar-refractivity contribution < 1.29 is 19.2 Å². The first kappa shape index (κ1) is 20.9. The van der Waals surface area contributed by atoms with Crippen LogP contribution in [0.2, 0.25) is 0 Å². The first-order valence-electron chi connectivity index (χ1n) is 8.89. The van der Waals surface area contributed by atoms with Gasteiger partial charge in [-0.15, -0.1) is 11.3 Å². The number of hydrogen-bond donors (Lipinski definition) is 1. The van der Waals surface area contributed by atoms with E-state index in [9.17, 15) is 19.7 Å². The van der Waals surface area contributed by atoms with Crippen molar-refractivity contribution in [2.75, 3.05) is 12.4 Å². The molecule has 30 heavy (non-hydrogen) atoms. The largest absolute Gasteiger partial charge is 0.465 e. The van der Waals surface area contributed by atoms with Crippen LogP contribution in [0.4, 0.5) is 10.7 Å². The third kappa shape index (κ3) is 4.79. The van der Waals surface area contributed by atoms with Crippen molar-refractivity contribution in [1.29, 1.82) is 0 Å². The molecule has 0 spiro atoms. The summed E-state index contributed by atoms with van der Waals surface area (Å²) >= 11 is 1.23. The molecule has 0 radical (unpaired) electrons. The van der Waals surface area contributed by atoms with Crippen LogP contribution in [0.5, 0.6) is 0 Å². The Morgan fingerprint density at radius 3 is 2.53 bits per heavy atom. The number of methoxy groups -OCH3 is 1. The minimum Gasteiger partial charge on any atom is -0.465 e. The number of ether oxygens (including phenoxy) is 1. The summed E-state index contributed by atoms with van der Waals surface area (Å²) in [6, 6.07) is 13.5. The fourth-order valence-corrected chi connectivity index (χ4v) is 3.77. The zero-order valence-electron chi connectivity index (χ0n) is 16.2. The van der Waals surface area contributed by atoms with E-state index in [1.807, 2.05) is 31.2 Å². The van der Waals surface area contributed by atoms with E-state index in [4.69, 9.17) is 4.74 Å². The number of non-ortho nitro benzene ring substituents is 1. The van der Waals surface area contributed by atoms with Crippen molar-refractivity contribution in [3.63, 3.8) is 0 Å². The maximum atomic E-state index is 12.4. The van der Waals surface area contributed by atoms with Gasteiger partial charge in [-0.1, -0.05) is 29.8 Å². The number of esters is 1. The molecule has 1 aromatic heterocycles. The molecular formula is C22H18N2O5S. The lowest BCUT2D eigenvalue weighted by Gasteiger charge is -2.07. The molecule has 0 saturated carbocycles. The number of carbonyl (C=O) groups is 2. The monoisotopic (exact) mass is 422 g/mol. The van der Waals surface area contributed by atoms with E-state index in [0.29, 0.717) is 21.7 Å². The highest BCUT2D eigenvalue weighted by Crippen LogP contribution is 2.36. The van der Waals surface area contributed by atoms with Crippen LogP contribution < -0.4 is 5.32 Å². The predicted octanol–water partition coefficient (Wildman–Crippen LogP) is 5.07. The molecule has 7 nitrogen and oxygen atoms in total. The summed E-state index contributed by atoms with van der Waals surface area (Å²) in [7, 11) is 1.29. The smallest absolute Gasteiger partial charge is 0.341 e. The van der Waals surface area contributed by atoms with Gasteiger partial charge in [-0.3, -0.25) is 14.9 Å². The number of benzene rings is 2. The predicted molar refractivity (Wildman–Crippen MR) is 117 cm³/mol. The summed E-state index contributed by atoms with van der Waals surface area (Å²) in [5.74, 6) is -0.974. The zero-order valence-corrected chi connectivity index (χ0v) is 17.1. The number of nitro benzene ring substituents is 1. The highest BCUT2D eigenvalue weighted by atomic mass is 32.1. The first-order valence-corrected chi connectivity index (χ1v) is 9.77. The normalized spacial score (nSPS) is 10.7. The topological polar surface area (TPSA) is 98.5 Å². The molecule has 0 saturated heterocycles. The Morgan fingerprint density at radius 1 is 1.17 bits per heavy atom. The number of nitrogens with one attached hydrogen (secondary N) is 1. The lowest BCUT2D eigenvalue weighted by molar-refractivity contribution is -0.384. The Labute approximate surface area is 176 Å². The van der Waals surface area contributed by atoms with Crippen LogP contribution >= 0.6 is 11.3 Å². The highest BCUT2D eigenvalue weighted by molar-refractivity contribution is 7.15. The molecule has 1 amide bonds. The van der Waals surface area contributed by atoms with Crippen LogP contribution in [0, 0.1) is 17.0 Å². The molecule has 152 valence electrons. The number of thiophene rings is 1. The first-order chi connectivity index (χ1) is 14.4. The van der Waals surface area contributed by atoms with Crippen LogP contribution in [0.25, 0.3) is 17.2 Å². The summed E-state index contributed by atoms with van der Waals surface area (Å²) in [5.41, 5.74) is 3.49. The summed E-state index contributed by atoms with van der Waals surface area (Å²) in [6.07, 6.45) is 2.83. The van der Waals surface area contributed by atoms with E-state index in [0.717, 1.165) is 11.1 Å². The summed E-state index contributed by atoms with van der Waals surface area (Å²) in [5, 5.41) is 15.6. The summed E-state index contributed by atoms with van der Waals surface area (Å²) < 4.78 is 4.91. The Bertz CT molecular complexity index is 1130. The number of aryl methyl sites for hydroxylation is 1. The van der Waals surface area contributed by atoms with Crippen LogP contribution in [0.15, 0.2) is 60.0 Å². The molecule has 0 aliphatic carbocycles. The number of nitro groups is 1. The van der Waals surface area contributed by atoms with Gasteiger partial charge in [0, 0.05) is 29.2 Å². The minimum atomic E-state index is -0.539. The molecule has 0 aliphatic rings. The molecule has 1 N–H and O–H groups in total. The van der Waals surface area contributed by atoms with Crippen molar-refractivity contribution in [2.24, 2.45) is 0 Å². The van der Waals surface area contributed by atoms with E-state index in [1.165, 1.54) is 42.7 Å². The van der Waals surface area contributed by atoms with Crippen molar-refractivity contribution in [3.05, 3.63) is 86.8 Å². The fraction of sp³-hybridized carbons (Fsp3) is 0.0909. The van der Waals surface area contributed by atoms with E-state index >= 15 is 0 Å². The van der Waals surface area contributed by atoms with Gasteiger partial charge >= 0.3 is 5.97 Å². The number of amides is 1. The van der Waals surface area contributed by atoms with Gasteiger partial charge in [0.25, 0.3) is 5.69 Å². The van der Waals surface area contributed by atoms with Gasteiger partial charge in [0.05, 0.1) is 12.0 Å². The van der Waals surface area contributed by atoms with E-state index in [-0.39, 0.29) is 5.69 Å². The molecule has 0 bridgehead atoms. The van der Waals surface area contributed by atoms with Gasteiger partial charge in [0.15, 0.2) is 0 Å². The van der Waals surface area contributed by atoms with Gasteiger partial charge < -0.3 is 10.1 Å². The van der Waals surface area contributed by atoms with E-state index in [2.05, 4.69) is 5.32 Å². The van der Waals surface area contributed by atoms with Crippen molar-refractivity contribution in [2.45, 2.75) is 6.92 Å². The second-order valence-corrected chi connectivity index (χ2v) is 7.27. The molecule has 3 rings (SSSR count). The van der Waals surface area contributed by atoms with Gasteiger partial charge in [0.1, 0.15) is 10.6 Å². The van der Waals surface area contributed by atoms with Gasteiger partial charge in [-0.25, -0.2) is 4.79 Å². The van der Waals surface area contributed by atoms with Crippen LogP contribution in [-0.4, -0.2) is 23.9 Å². The number of hydrogen-bond acceptors (Lipinski definition) is 6. The zero-order chi connectivity index (χ0) is 21.7. The number of nitrogens with zero attached hydrogens (tertiary/aromatic N) is 1. The second kappa shape index (κ2) is 9.15. The van der Waals surface area contributed by atoms with E-state index < -0.39 is 16.8 Å². The standard InChI is InChI=1S/C22H18N2O5S/c1-14-4-3-5-16(12-14)18-13-30-21(20(18)22(26)29-2)23-19(25)11-8-15-6-9-17(10-7-15)24(27)28/h3-13H,1-2H3,(H,23,25)/b11-8+. The molecule has 1 heterocycles. The molecule has 0 fully saturated rings. The van der Waals surface area contributed by atoms with Crippen LogP contribution in [0.1, 0.15) is 21.5 Å². The maximum Gasteiger partial charge on any atom is 0.341 e. The van der Waals surface area contributed by atoms with Gasteiger partial charge in [-0.05, 0) is 36.3 Å². The average molecular weight is 422 g/mol. The number of anilines is 1. The Kier molecular flexibility index (Phi) is 6.38. The molecule has 0 atom stereocenters. The fourth-order valence-electron chi connectivity index (χ4n) is 2.81. The summed E-state index contributed by atoms with van der Waals surface area (Å²) in [6.45, 7) is 1.96. The van der Waals surface area contributed by atoms with E-state index in [1.54, 1.807) is 17.5 Å². The lowest BCUT2D eigenvalue weighted by Crippen LogP contribution is -2.11. The molecular weight excluding hydrogens is 404 g/mol. The minimum absolute atomic E-state index is 0.0263. The Hall–Kier alpha value is -3.78. The van der Waals surface area contributed by atoms with Crippen molar-refractivity contribution >= 4 is 40.0 Å². The average Bonchev–Trinajstić information content (AvgIpc) is 3.15. The number of carbonyl (C=O) groups excluding carboxylic acids is 2. The molecule has 0 unspecified atom stereocenters. The maximum absolute atomic E-state index is 12.4.